The second-order valence-electron chi connectivity index (χ2n) is 12.4. The van der Waals surface area contributed by atoms with Gasteiger partial charge in [0.2, 0.25) is 11.8 Å². The Labute approximate surface area is 315 Å². The van der Waals surface area contributed by atoms with E-state index in [2.05, 4.69) is 5.32 Å². The number of benzene rings is 4. The second-order valence-corrected chi connectivity index (χ2v) is 15.1. The van der Waals surface area contributed by atoms with Crippen LogP contribution in [0.5, 0.6) is 17.2 Å². The van der Waals surface area contributed by atoms with Crippen molar-refractivity contribution >= 4 is 50.7 Å². The van der Waals surface area contributed by atoms with E-state index >= 15 is 0 Å². The summed E-state index contributed by atoms with van der Waals surface area (Å²) in [5.74, 6) is 0.157. The van der Waals surface area contributed by atoms with Crippen LogP contribution in [0.3, 0.4) is 0 Å². The minimum atomic E-state index is -4.40. The number of methoxy groups -OCH3 is 2. The summed E-state index contributed by atoms with van der Waals surface area (Å²) in [7, 11) is -1.54. The summed E-state index contributed by atoms with van der Waals surface area (Å²) >= 11 is 12.6. The van der Waals surface area contributed by atoms with Crippen LogP contribution in [0, 0.1) is 0 Å². The minimum absolute atomic E-state index is 0.0153. The average molecular weight is 769 g/mol. The standard InChI is InChI=1S/C39H43Cl2N3O7S/c1-4-51-31-17-15-30(16-18-31)44(52(47,48)32-19-21-36(49-2)37(24-32)50-3)26-38(45)43(25-28-14-20-33(40)34(41)22-28)35(23-27-10-6-5-7-11-27)39(46)42-29-12-8-9-13-29/h5-7,10-11,14-22,24,29,35H,4,8-9,12-13,23,25-26H2,1-3H3,(H,42,46)/t35-/m0/s1. The molecule has 5 rings (SSSR count). The molecule has 1 N–H and O–H groups in total. The minimum Gasteiger partial charge on any atom is -0.494 e. The molecule has 2 amide bonds. The number of amides is 2. The van der Waals surface area contributed by atoms with E-state index in [0.29, 0.717) is 28.7 Å². The Morgan fingerprint density at radius 3 is 2.17 bits per heavy atom. The van der Waals surface area contributed by atoms with Crippen molar-refractivity contribution in [2.45, 2.75) is 62.6 Å². The van der Waals surface area contributed by atoms with Gasteiger partial charge in [0.05, 0.1) is 41.5 Å². The van der Waals surface area contributed by atoms with Crippen molar-refractivity contribution in [1.29, 1.82) is 0 Å². The first-order valence-electron chi connectivity index (χ1n) is 17.1. The topological polar surface area (TPSA) is 114 Å². The van der Waals surface area contributed by atoms with Gasteiger partial charge in [-0.2, -0.15) is 0 Å². The summed E-state index contributed by atoms with van der Waals surface area (Å²) in [4.78, 5) is 30.4. The predicted molar refractivity (Wildman–Crippen MR) is 203 cm³/mol. The number of nitrogens with one attached hydrogen (secondary N) is 1. The third kappa shape index (κ3) is 9.50. The van der Waals surface area contributed by atoms with Crippen LogP contribution in [-0.2, 0) is 32.6 Å². The molecule has 0 unspecified atom stereocenters. The fourth-order valence-electron chi connectivity index (χ4n) is 6.26. The molecule has 0 aromatic heterocycles. The van der Waals surface area contributed by atoms with E-state index in [1.807, 2.05) is 37.3 Å². The number of carbonyl (C=O) groups excluding carboxylic acids is 2. The van der Waals surface area contributed by atoms with Gasteiger partial charge in [0.15, 0.2) is 11.5 Å². The monoisotopic (exact) mass is 767 g/mol. The van der Waals surface area contributed by atoms with Gasteiger partial charge in [0, 0.05) is 25.1 Å². The van der Waals surface area contributed by atoms with Gasteiger partial charge in [-0.15, -0.1) is 0 Å². The molecule has 1 aliphatic rings. The number of hydrogen-bond acceptors (Lipinski definition) is 7. The lowest BCUT2D eigenvalue weighted by Crippen LogP contribution is -2.54. The highest BCUT2D eigenvalue weighted by Gasteiger charge is 2.36. The van der Waals surface area contributed by atoms with Crippen molar-refractivity contribution in [2.24, 2.45) is 0 Å². The van der Waals surface area contributed by atoms with E-state index in [1.165, 1.54) is 37.3 Å². The summed E-state index contributed by atoms with van der Waals surface area (Å²) in [5.41, 5.74) is 1.67. The molecule has 0 heterocycles. The molecule has 1 aliphatic carbocycles. The Hall–Kier alpha value is -4.45. The van der Waals surface area contributed by atoms with Crippen molar-refractivity contribution < 1.29 is 32.2 Å². The van der Waals surface area contributed by atoms with Crippen molar-refractivity contribution in [1.82, 2.24) is 10.2 Å². The zero-order chi connectivity index (χ0) is 37.3. The Bertz CT molecular complexity index is 1940. The van der Waals surface area contributed by atoms with E-state index in [4.69, 9.17) is 37.4 Å². The Balaban J connectivity index is 1.60. The number of nitrogens with zero attached hydrogens (tertiary/aromatic N) is 2. The van der Waals surface area contributed by atoms with Crippen molar-refractivity contribution in [3.63, 3.8) is 0 Å². The smallest absolute Gasteiger partial charge is 0.264 e. The number of sulfonamides is 1. The molecule has 1 atom stereocenters. The molecule has 0 saturated heterocycles. The third-order valence-electron chi connectivity index (χ3n) is 8.97. The van der Waals surface area contributed by atoms with Gasteiger partial charge in [-0.25, -0.2) is 8.42 Å². The number of rotatable bonds is 16. The summed E-state index contributed by atoms with van der Waals surface area (Å²) in [6, 6.07) is 24.1. The molecule has 0 aliphatic heterocycles. The number of halogens is 2. The van der Waals surface area contributed by atoms with Gasteiger partial charge in [-0.1, -0.05) is 72.4 Å². The molecule has 1 saturated carbocycles. The van der Waals surface area contributed by atoms with E-state index in [9.17, 15) is 18.0 Å². The number of ether oxygens (including phenoxy) is 3. The summed E-state index contributed by atoms with van der Waals surface area (Å²) in [6.07, 6.45) is 3.90. The van der Waals surface area contributed by atoms with E-state index < -0.39 is 28.5 Å². The van der Waals surface area contributed by atoms with E-state index in [0.717, 1.165) is 35.6 Å². The number of carbonyl (C=O) groups is 2. The van der Waals surface area contributed by atoms with Crippen LogP contribution in [-0.4, -0.2) is 64.6 Å². The lowest BCUT2D eigenvalue weighted by molar-refractivity contribution is -0.140. The van der Waals surface area contributed by atoms with Crippen molar-refractivity contribution in [3.05, 3.63) is 112 Å². The molecule has 4 aromatic rings. The van der Waals surface area contributed by atoms with Crippen LogP contribution in [0.1, 0.15) is 43.7 Å². The molecular weight excluding hydrogens is 725 g/mol. The van der Waals surface area contributed by atoms with Crippen LogP contribution in [0.25, 0.3) is 0 Å². The molecule has 13 heteroatoms. The first-order valence-corrected chi connectivity index (χ1v) is 19.3. The summed E-state index contributed by atoms with van der Waals surface area (Å²) < 4.78 is 46.5. The maximum Gasteiger partial charge on any atom is 0.264 e. The summed E-state index contributed by atoms with van der Waals surface area (Å²) in [5, 5.41) is 3.80. The fraction of sp³-hybridized carbons (Fsp3) is 0.333. The molecule has 1 fully saturated rings. The Kier molecular flexibility index (Phi) is 13.3. The lowest BCUT2D eigenvalue weighted by Gasteiger charge is -2.34. The van der Waals surface area contributed by atoms with Crippen LogP contribution in [0.2, 0.25) is 10.0 Å². The van der Waals surface area contributed by atoms with Gasteiger partial charge in [-0.3, -0.25) is 13.9 Å². The second kappa shape index (κ2) is 17.9. The van der Waals surface area contributed by atoms with Crippen LogP contribution in [0.4, 0.5) is 5.69 Å². The van der Waals surface area contributed by atoms with Crippen LogP contribution in [0.15, 0.2) is 95.9 Å². The highest BCUT2D eigenvalue weighted by atomic mass is 35.5. The maximum atomic E-state index is 14.8. The van der Waals surface area contributed by atoms with Gasteiger partial charge < -0.3 is 24.4 Å². The Morgan fingerprint density at radius 1 is 0.846 bits per heavy atom. The molecule has 0 radical (unpaired) electrons. The summed E-state index contributed by atoms with van der Waals surface area (Å²) in [6.45, 7) is 1.59. The zero-order valence-corrected chi connectivity index (χ0v) is 31.7. The highest BCUT2D eigenvalue weighted by molar-refractivity contribution is 7.92. The average Bonchev–Trinajstić information content (AvgIpc) is 3.67. The largest absolute Gasteiger partial charge is 0.494 e. The molecule has 52 heavy (non-hydrogen) atoms. The normalized spacial score (nSPS) is 13.6. The maximum absolute atomic E-state index is 14.8. The van der Waals surface area contributed by atoms with Crippen LogP contribution >= 0.6 is 23.2 Å². The quantitative estimate of drug-likeness (QED) is 0.127. The molecule has 0 spiro atoms. The predicted octanol–water partition coefficient (Wildman–Crippen LogP) is 7.30. The van der Waals surface area contributed by atoms with E-state index in [-0.39, 0.29) is 46.3 Å². The van der Waals surface area contributed by atoms with Gasteiger partial charge in [0.1, 0.15) is 18.3 Å². The third-order valence-corrected chi connectivity index (χ3v) is 11.5. The first kappa shape index (κ1) is 38.8. The van der Waals surface area contributed by atoms with Crippen LogP contribution < -0.4 is 23.8 Å². The molecule has 0 bridgehead atoms. The van der Waals surface area contributed by atoms with Crippen molar-refractivity contribution in [2.75, 3.05) is 31.7 Å². The molecule has 276 valence electrons. The Morgan fingerprint density at radius 2 is 1.54 bits per heavy atom. The molecule has 10 nitrogen and oxygen atoms in total. The van der Waals surface area contributed by atoms with Crippen molar-refractivity contribution in [3.8, 4) is 17.2 Å². The molecular formula is C39H43Cl2N3O7S. The van der Waals surface area contributed by atoms with Gasteiger partial charge in [-0.05, 0) is 79.4 Å². The lowest BCUT2D eigenvalue weighted by atomic mass is 10.0. The first-order chi connectivity index (χ1) is 25.0. The SMILES string of the molecule is CCOc1ccc(N(CC(=O)N(Cc2ccc(Cl)c(Cl)c2)[C@@H](Cc2ccccc2)C(=O)NC2CCCC2)S(=O)(=O)c2ccc(OC)c(OC)c2)cc1. The van der Waals surface area contributed by atoms with Gasteiger partial charge in [0.25, 0.3) is 10.0 Å². The number of anilines is 1. The van der Waals surface area contributed by atoms with E-state index in [1.54, 1.807) is 42.5 Å². The fourth-order valence-corrected chi connectivity index (χ4v) is 8.02. The number of hydrogen-bond donors (Lipinski definition) is 1. The highest BCUT2D eigenvalue weighted by Crippen LogP contribution is 2.33. The zero-order valence-electron chi connectivity index (χ0n) is 29.4. The molecule has 4 aromatic carbocycles. The van der Waals surface area contributed by atoms with Gasteiger partial charge >= 0.3 is 0 Å².